The number of aromatic amines is 1. The third-order valence-corrected chi connectivity index (χ3v) is 3.13. The van der Waals surface area contributed by atoms with E-state index >= 15 is 0 Å². The Labute approximate surface area is 111 Å². The number of carbonyl (C=O) groups excluding carboxylic acids is 1. The second-order valence-corrected chi connectivity index (χ2v) is 4.37. The van der Waals surface area contributed by atoms with E-state index < -0.39 is 0 Å². The van der Waals surface area contributed by atoms with E-state index in [0.29, 0.717) is 12.2 Å². The third-order valence-electron chi connectivity index (χ3n) is 3.13. The Morgan fingerprint density at radius 1 is 1.21 bits per heavy atom. The molecule has 1 atom stereocenters. The van der Waals surface area contributed by atoms with Gasteiger partial charge in [-0.05, 0) is 11.6 Å². The summed E-state index contributed by atoms with van der Waals surface area (Å²) in [4.78, 5) is 14.0. The molecule has 0 saturated carbocycles. The number of H-pyrrole nitrogens is 1. The van der Waals surface area contributed by atoms with Crippen molar-refractivity contribution in [2.45, 2.75) is 12.8 Å². The molecule has 1 aromatic heterocycles. The molecule has 4 nitrogen and oxygen atoms in total. The normalized spacial score (nSPS) is 17.3. The van der Waals surface area contributed by atoms with Crippen LogP contribution >= 0.6 is 0 Å². The van der Waals surface area contributed by atoms with Crippen molar-refractivity contribution >= 4 is 11.9 Å². The molecule has 0 aliphatic carbocycles. The molecular formula is C15H14N2O2. The smallest absolute Gasteiger partial charge is 0.156 e. The molecule has 0 amide bonds. The highest BCUT2D eigenvalue weighted by Crippen LogP contribution is 2.28. The predicted molar refractivity (Wildman–Crippen MR) is 71.9 cm³/mol. The van der Waals surface area contributed by atoms with Crippen LogP contribution in [0, 0.1) is 0 Å². The van der Waals surface area contributed by atoms with Gasteiger partial charge in [-0.25, -0.2) is 0 Å². The summed E-state index contributed by atoms with van der Waals surface area (Å²) in [6.45, 7) is 0.521. The molecule has 3 rings (SSSR count). The summed E-state index contributed by atoms with van der Waals surface area (Å²) in [5.74, 6) is 0. The van der Waals surface area contributed by atoms with Crippen LogP contribution in [0.4, 0.5) is 0 Å². The van der Waals surface area contributed by atoms with Crippen LogP contribution in [-0.2, 0) is 16.1 Å². The molecule has 0 saturated heterocycles. The molecule has 2 aromatic rings. The van der Waals surface area contributed by atoms with Crippen molar-refractivity contribution in [1.82, 2.24) is 10.3 Å². The van der Waals surface area contributed by atoms with Gasteiger partial charge in [0.2, 0.25) is 0 Å². The molecular weight excluding hydrogens is 240 g/mol. The van der Waals surface area contributed by atoms with Crippen LogP contribution < -0.4 is 5.32 Å². The van der Waals surface area contributed by atoms with Gasteiger partial charge < -0.3 is 15.0 Å². The summed E-state index contributed by atoms with van der Waals surface area (Å²) in [5.41, 5.74) is 3.51. The number of hydrogen-bond donors (Lipinski definition) is 2. The number of benzene rings is 1. The number of carbonyl (C=O) groups is 1. The number of allylic oxidation sites excluding steroid dienone is 1. The zero-order valence-electron chi connectivity index (χ0n) is 10.3. The average Bonchev–Trinajstić information content (AvgIpc) is 2.95. The Hall–Kier alpha value is -2.33. The van der Waals surface area contributed by atoms with E-state index in [1.54, 1.807) is 6.20 Å². The van der Waals surface area contributed by atoms with Crippen molar-refractivity contribution < 1.29 is 9.53 Å². The maximum Gasteiger partial charge on any atom is 0.156 e. The third kappa shape index (κ3) is 2.30. The number of rotatable bonds is 4. The molecule has 1 aliphatic heterocycles. The Morgan fingerprint density at radius 3 is 2.84 bits per heavy atom. The van der Waals surface area contributed by atoms with Crippen molar-refractivity contribution in [1.29, 1.82) is 0 Å². The van der Waals surface area contributed by atoms with E-state index in [9.17, 15) is 4.79 Å². The first-order valence-electron chi connectivity index (χ1n) is 6.13. The molecule has 2 heterocycles. The first-order valence-corrected chi connectivity index (χ1v) is 6.13. The Kier molecular flexibility index (Phi) is 3.16. The summed E-state index contributed by atoms with van der Waals surface area (Å²) in [6.07, 6.45) is 4.09. The zero-order valence-corrected chi connectivity index (χ0v) is 10.3. The Morgan fingerprint density at radius 2 is 2.05 bits per heavy atom. The Balaban J connectivity index is 1.74. The number of aldehydes is 1. The molecule has 0 bridgehead atoms. The van der Waals surface area contributed by atoms with Gasteiger partial charge in [-0.15, -0.1) is 0 Å². The van der Waals surface area contributed by atoms with Gasteiger partial charge >= 0.3 is 0 Å². The number of nitrogens with one attached hydrogen (secondary N) is 2. The highest BCUT2D eigenvalue weighted by molar-refractivity contribution is 6.07. The topological polar surface area (TPSA) is 54.1 Å². The van der Waals surface area contributed by atoms with Crippen LogP contribution in [0.3, 0.4) is 0 Å². The first-order chi connectivity index (χ1) is 9.38. The fraction of sp³-hybridized carbons (Fsp3) is 0.133. The van der Waals surface area contributed by atoms with Gasteiger partial charge in [-0.2, -0.15) is 0 Å². The molecule has 1 aliphatic rings. The van der Waals surface area contributed by atoms with Gasteiger partial charge in [0.1, 0.15) is 0 Å². The minimum atomic E-state index is -0.231. The van der Waals surface area contributed by atoms with Crippen LogP contribution in [0.25, 0.3) is 5.57 Å². The molecule has 96 valence electrons. The molecule has 0 spiro atoms. The number of fused-ring (bicyclic) bond motifs is 1. The highest BCUT2D eigenvalue weighted by Gasteiger charge is 2.22. The second-order valence-electron chi connectivity index (χ2n) is 4.37. The molecule has 1 unspecified atom stereocenters. The van der Waals surface area contributed by atoms with E-state index in [2.05, 4.69) is 10.3 Å². The van der Waals surface area contributed by atoms with Gasteiger partial charge in [-0.1, -0.05) is 30.3 Å². The summed E-state index contributed by atoms with van der Waals surface area (Å²) in [6, 6.07) is 11.9. The minimum absolute atomic E-state index is 0.231. The molecule has 1 aromatic carbocycles. The van der Waals surface area contributed by atoms with Crippen molar-refractivity contribution in [3.63, 3.8) is 0 Å². The average molecular weight is 254 g/mol. The van der Waals surface area contributed by atoms with Gasteiger partial charge in [0, 0.05) is 18.0 Å². The summed E-state index contributed by atoms with van der Waals surface area (Å²) >= 11 is 0. The minimum Gasteiger partial charge on any atom is -0.362 e. The monoisotopic (exact) mass is 254 g/mol. The summed E-state index contributed by atoms with van der Waals surface area (Å²) < 4.78 is 5.86. The predicted octanol–water partition coefficient (Wildman–Crippen LogP) is 2.37. The van der Waals surface area contributed by atoms with Crippen molar-refractivity contribution in [3.8, 4) is 0 Å². The van der Waals surface area contributed by atoms with Crippen LogP contribution in [0.5, 0.6) is 0 Å². The number of aromatic nitrogens is 1. The summed E-state index contributed by atoms with van der Waals surface area (Å²) in [7, 11) is 0. The fourth-order valence-corrected chi connectivity index (χ4v) is 2.16. The molecule has 4 heteroatoms. The Bertz CT molecular complexity index is 602. The molecule has 0 radical (unpaired) electrons. The largest absolute Gasteiger partial charge is 0.362 e. The molecule has 0 fully saturated rings. The van der Waals surface area contributed by atoms with Crippen LogP contribution in [0.1, 0.15) is 23.0 Å². The SMILES string of the molecule is O=CC1=CNC(OCc2ccccc2)c2cc[nH]c21. The van der Waals surface area contributed by atoms with Crippen LogP contribution in [-0.4, -0.2) is 11.3 Å². The number of ether oxygens (including phenoxy) is 1. The standard InChI is InChI=1S/C15H14N2O2/c18-9-12-8-17-15(13-6-7-16-14(12)13)19-10-11-4-2-1-3-5-11/h1-9,15-17H,10H2. The van der Waals surface area contributed by atoms with Gasteiger partial charge in [-0.3, -0.25) is 4.79 Å². The lowest BCUT2D eigenvalue weighted by molar-refractivity contribution is -0.103. The van der Waals surface area contributed by atoms with Gasteiger partial charge in [0.25, 0.3) is 0 Å². The van der Waals surface area contributed by atoms with Crippen molar-refractivity contribution in [3.05, 3.63) is 65.6 Å². The molecule has 19 heavy (non-hydrogen) atoms. The van der Waals surface area contributed by atoms with E-state index in [0.717, 1.165) is 23.1 Å². The lowest BCUT2D eigenvalue weighted by Gasteiger charge is -2.23. The van der Waals surface area contributed by atoms with Gasteiger partial charge in [0.05, 0.1) is 17.9 Å². The van der Waals surface area contributed by atoms with Crippen LogP contribution in [0.15, 0.2) is 48.8 Å². The lowest BCUT2D eigenvalue weighted by atomic mass is 10.1. The van der Waals surface area contributed by atoms with Gasteiger partial charge in [0.15, 0.2) is 12.5 Å². The highest BCUT2D eigenvalue weighted by atomic mass is 16.5. The van der Waals surface area contributed by atoms with Crippen molar-refractivity contribution in [2.75, 3.05) is 0 Å². The van der Waals surface area contributed by atoms with E-state index in [4.69, 9.17) is 4.74 Å². The summed E-state index contributed by atoms with van der Waals surface area (Å²) in [5, 5.41) is 3.10. The van der Waals surface area contributed by atoms with E-state index in [1.165, 1.54) is 0 Å². The number of hydrogen-bond acceptors (Lipinski definition) is 3. The quantitative estimate of drug-likeness (QED) is 0.824. The zero-order chi connectivity index (χ0) is 13.1. The maximum absolute atomic E-state index is 10.9. The lowest BCUT2D eigenvalue weighted by Crippen LogP contribution is -2.23. The van der Waals surface area contributed by atoms with E-state index in [1.807, 2.05) is 42.6 Å². The van der Waals surface area contributed by atoms with Crippen LogP contribution in [0.2, 0.25) is 0 Å². The fourth-order valence-electron chi connectivity index (χ4n) is 2.16. The first kappa shape index (κ1) is 11.7. The maximum atomic E-state index is 10.9. The second kappa shape index (κ2) is 5.12. The van der Waals surface area contributed by atoms with E-state index in [-0.39, 0.29) is 6.23 Å². The van der Waals surface area contributed by atoms with Crippen molar-refractivity contribution in [2.24, 2.45) is 0 Å². The molecule has 2 N–H and O–H groups in total.